The molecule has 0 aromatic heterocycles. The van der Waals surface area contributed by atoms with Crippen LogP contribution in [0.25, 0.3) is 0 Å². The topological polar surface area (TPSA) is 134 Å². The zero-order valence-corrected chi connectivity index (χ0v) is 28.0. The minimum Gasteiger partial charge on any atom is -0.508 e. The van der Waals surface area contributed by atoms with Crippen molar-refractivity contribution in [1.29, 1.82) is 0 Å². The number of hydrogen-bond acceptors (Lipinski definition) is 8. The molecule has 0 saturated carbocycles. The van der Waals surface area contributed by atoms with E-state index < -0.39 is 58.7 Å². The molecule has 0 heterocycles. The Hall–Kier alpha value is -3.73. The number of ether oxygens (including phenoxy) is 2. The van der Waals surface area contributed by atoms with Crippen molar-refractivity contribution in [3.63, 3.8) is 0 Å². The third kappa shape index (κ3) is 11.4. The maximum atomic E-state index is 14.3. The molecule has 3 amide bonds. The average Bonchev–Trinajstić information content (AvgIpc) is 2.88. The van der Waals surface area contributed by atoms with Crippen LogP contribution < -0.4 is 10.6 Å². The van der Waals surface area contributed by atoms with Crippen LogP contribution in [-0.4, -0.2) is 68.5 Å². The number of carbonyl (C=O) groups is 4. The number of thiol groups is 1. The molecule has 10 nitrogen and oxygen atoms in total. The number of esters is 1. The predicted molar refractivity (Wildman–Crippen MR) is 172 cm³/mol. The van der Waals surface area contributed by atoms with E-state index in [-0.39, 0.29) is 17.9 Å². The van der Waals surface area contributed by atoms with Gasteiger partial charge in [0.1, 0.15) is 35.1 Å². The number of phenols is 1. The van der Waals surface area contributed by atoms with Crippen molar-refractivity contribution in [3.05, 3.63) is 65.7 Å². The van der Waals surface area contributed by atoms with Gasteiger partial charge in [-0.1, -0.05) is 42.5 Å². The highest BCUT2D eigenvalue weighted by Gasteiger charge is 2.42. The van der Waals surface area contributed by atoms with Crippen LogP contribution in [0.2, 0.25) is 0 Å². The van der Waals surface area contributed by atoms with Gasteiger partial charge in [0.05, 0.1) is 0 Å². The Kier molecular flexibility index (Phi) is 12.3. The number of benzene rings is 2. The Morgan fingerprint density at radius 2 is 1.34 bits per heavy atom. The number of rotatable bonds is 10. The highest BCUT2D eigenvalue weighted by Crippen LogP contribution is 2.31. The fourth-order valence-corrected chi connectivity index (χ4v) is 4.64. The number of aromatic hydroxyl groups is 1. The summed E-state index contributed by atoms with van der Waals surface area (Å²) in [5, 5.41) is 15.4. The fraction of sp³-hybridized carbons (Fsp3) is 0.515. The molecule has 3 N–H and O–H groups in total. The number of hydrogen-bond donors (Lipinski definition) is 4. The van der Waals surface area contributed by atoms with Crippen molar-refractivity contribution in [2.45, 2.75) is 104 Å². The Morgan fingerprint density at radius 1 is 0.795 bits per heavy atom. The molecule has 44 heavy (non-hydrogen) atoms. The van der Waals surface area contributed by atoms with Crippen LogP contribution in [0.4, 0.5) is 4.79 Å². The normalized spacial score (nSPS) is 14.0. The number of amides is 3. The van der Waals surface area contributed by atoms with Crippen LogP contribution in [0.5, 0.6) is 5.75 Å². The lowest BCUT2D eigenvalue weighted by molar-refractivity contribution is -0.159. The van der Waals surface area contributed by atoms with Crippen molar-refractivity contribution >= 4 is 36.5 Å². The largest absolute Gasteiger partial charge is 0.508 e. The summed E-state index contributed by atoms with van der Waals surface area (Å²) in [5.41, 5.74) is -1.41. The standard InChI is InChI=1S/C33H47N3O7S/c1-31(2,3)36(28(39)25(20-44)35-30(41)43-33(7,8)9)26(22-15-17-23(37)18-16-22)27(38)34-24(29(40)42-32(4,5)6)19-21-13-11-10-12-14-21/h10-18,24-26,37,44H,19-20H2,1-9H3,(H,34,38)(H,35,41). The molecule has 242 valence electrons. The van der Waals surface area contributed by atoms with Gasteiger partial charge in [0.15, 0.2) is 0 Å². The van der Waals surface area contributed by atoms with E-state index in [0.29, 0.717) is 5.56 Å². The summed E-state index contributed by atoms with van der Waals surface area (Å²) in [6.07, 6.45) is -0.663. The molecule has 0 fully saturated rings. The second-order valence-corrected chi connectivity index (χ2v) is 13.9. The molecule has 0 aliphatic heterocycles. The van der Waals surface area contributed by atoms with Gasteiger partial charge in [0.25, 0.3) is 0 Å². The summed E-state index contributed by atoms with van der Waals surface area (Å²) >= 11 is 4.32. The summed E-state index contributed by atoms with van der Waals surface area (Å²) in [6, 6.07) is 11.6. The van der Waals surface area contributed by atoms with E-state index in [2.05, 4.69) is 23.3 Å². The molecule has 2 aromatic carbocycles. The van der Waals surface area contributed by atoms with E-state index in [9.17, 15) is 24.3 Å². The number of alkyl carbamates (subject to hydrolysis) is 1. The lowest BCUT2D eigenvalue weighted by atomic mass is 9.95. The molecular formula is C33H47N3O7S. The Morgan fingerprint density at radius 3 is 1.82 bits per heavy atom. The molecule has 2 rings (SSSR count). The first kappa shape index (κ1) is 36.5. The van der Waals surface area contributed by atoms with Gasteiger partial charge in [-0.3, -0.25) is 9.59 Å². The van der Waals surface area contributed by atoms with E-state index in [1.165, 1.54) is 29.2 Å². The second-order valence-electron chi connectivity index (χ2n) is 13.5. The van der Waals surface area contributed by atoms with Crippen molar-refractivity contribution in [1.82, 2.24) is 15.5 Å². The highest BCUT2D eigenvalue weighted by molar-refractivity contribution is 7.80. The van der Waals surface area contributed by atoms with Gasteiger partial charge < -0.3 is 30.1 Å². The molecule has 0 aliphatic carbocycles. The quantitative estimate of drug-likeness (QED) is 0.216. The van der Waals surface area contributed by atoms with Crippen molar-refractivity contribution in [2.24, 2.45) is 0 Å². The maximum Gasteiger partial charge on any atom is 0.408 e. The van der Waals surface area contributed by atoms with E-state index in [1.54, 1.807) is 62.3 Å². The van der Waals surface area contributed by atoms with Gasteiger partial charge in [0.2, 0.25) is 11.8 Å². The molecular weight excluding hydrogens is 582 g/mol. The van der Waals surface area contributed by atoms with Crippen molar-refractivity contribution < 1.29 is 33.8 Å². The lowest BCUT2D eigenvalue weighted by Crippen LogP contribution is -2.60. The zero-order valence-electron chi connectivity index (χ0n) is 27.1. The Balaban J connectivity index is 2.59. The van der Waals surface area contributed by atoms with E-state index in [0.717, 1.165) is 5.56 Å². The Labute approximate surface area is 266 Å². The molecule has 0 bridgehead atoms. The van der Waals surface area contributed by atoms with Gasteiger partial charge >= 0.3 is 12.1 Å². The van der Waals surface area contributed by atoms with Crippen molar-refractivity contribution in [2.75, 3.05) is 5.75 Å². The summed E-state index contributed by atoms with van der Waals surface area (Å²) in [7, 11) is 0. The molecule has 11 heteroatoms. The van der Waals surface area contributed by atoms with Crippen LogP contribution >= 0.6 is 12.6 Å². The number of phenolic OH excluding ortho intramolecular Hbond substituents is 1. The first-order valence-electron chi connectivity index (χ1n) is 14.5. The van der Waals surface area contributed by atoms with Crippen molar-refractivity contribution in [3.8, 4) is 5.75 Å². The first-order chi connectivity index (χ1) is 20.2. The highest BCUT2D eigenvalue weighted by atomic mass is 32.1. The Bertz CT molecular complexity index is 1280. The molecule has 0 saturated heterocycles. The maximum absolute atomic E-state index is 14.3. The summed E-state index contributed by atoms with van der Waals surface area (Å²) in [5.74, 6) is -1.99. The number of nitrogens with one attached hydrogen (secondary N) is 2. The number of carbonyl (C=O) groups excluding carboxylic acids is 4. The van der Waals surface area contributed by atoms with Gasteiger partial charge in [0, 0.05) is 17.7 Å². The number of nitrogens with zero attached hydrogens (tertiary/aromatic N) is 1. The molecule has 2 aromatic rings. The molecule has 0 spiro atoms. The minimum absolute atomic E-state index is 0.0305. The van der Waals surface area contributed by atoms with E-state index in [4.69, 9.17) is 9.47 Å². The van der Waals surface area contributed by atoms with Gasteiger partial charge in [-0.25, -0.2) is 9.59 Å². The first-order valence-corrected chi connectivity index (χ1v) is 15.1. The second kappa shape index (κ2) is 14.8. The lowest BCUT2D eigenvalue weighted by Gasteiger charge is -2.43. The molecule has 3 atom stereocenters. The van der Waals surface area contributed by atoms with E-state index in [1.807, 2.05) is 30.3 Å². The van der Waals surface area contributed by atoms with Crippen LogP contribution in [0.3, 0.4) is 0 Å². The van der Waals surface area contributed by atoms with Crippen LogP contribution in [-0.2, 0) is 30.3 Å². The monoisotopic (exact) mass is 629 g/mol. The average molecular weight is 630 g/mol. The SMILES string of the molecule is CC(C)(C)OC(=O)NC(CS)C(=O)N(C(C(=O)NC(Cc1ccccc1)C(=O)OC(C)(C)C)c1ccc(O)cc1)C(C)(C)C. The van der Waals surface area contributed by atoms with Gasteiger partial charge in [-0.2, -0.15) is 12.6 Å². The van der Waals surface area contributed by atoms with Gasteiger partial charge in [-0.15, -0.1) is 0 Å². The third-order valence-electron chi connectivity index (χ3n) is 6.14. The van der Waals surface area contributed by atoms with Crippen LogP contribution in [0.1, 0.15) is 79.5 Å². The third-order valence-corrected chi connectivity index (χ3v) is 6.50. The van der Waals surface area contributed by atoms with Crippen LogP contribution in [0.15, 0.2) is 54.6 Å². The summed E-state index contributed by atoms with van der Waals surface area (Å²) in [6.45, 7) is 15.6. The smallest absolute Gasteiger partial charge is 0.408 e. The molecule has 0 radical (unpaired) electrons. The van der Waals surface area contributed by atoms with E-state index >= 15 is 0 Å². The zero-order chi connectivity index (χ0) is 33.5. The van der Waals surface area contributed by atoms with Crippen LogP contribution in [0, 0.1) is 0 Å². The molecule has 3 unspecified atom stereocenters. The summed E-state index contributed by atoms with van der Waals surface area (Å²) in [4.78, 5) is 55.8. The van der Waals surface area contributed by atoms with Gasteiger partial charge in [-0.05, 0) is 85.6 Å². The summed E-state index contributed by atoms with van der Waals surface area (Å²) < 4.78 is 11.0. The fourth-order valence-electron chi connectivity index (χ4n) is 4.39. The predicted octanol–water partition coefficient (Wildman–Crippen LogP) is 4.95. The molecule has 0 aliphatic rings. The minimum atomic E-state index is -1.27.